The minimum Gasteiger partial charge on any atom is -0.310 e. The Hall–Kier alpha value is -14.8. The van der Waals surface area contributed by atoms with Gasteiger partial charge >= 0.3 is 0 Å². The highest BCUT2D eigenvalue weighted by molar-refractivity contribution is 7.26. The average molecular weight is 1560 g/mol. The molecule has 0 spiro atoms. The molecular weight excluding hydrogens is 1490 g/mol. The fourth-order valence-electron chi connectivity index (χ4n) is 19.2. The van der Waals surface area contributed by atoms with E-state index in [1.165, 1.54) is 163 Å². The van der Waals surface area contributed by atoms with Crippen molar-refractivity contribution in [3.05, 3.63) is 518 Å². The lowest BCUT2D eigenvalue weighted by molar-refractivity contribution is 0.770. The van der Waals surface area contributed by atoms with Crippen molar-refractivity contribution < 1.29 is 0 Å². The lowest BCUT2D eigenvalue weighted by Gasteiger charge is -2.35. The van der Waals surface area contributed by atoms with Crippen LogP contribution in [0.1, 0.15) is 44.5 Å². The van der Waals surface area contributed by atoms with E-state index in [2.05, 4.69) is 483 Å². The molecule has 23 rings (SSSR count). The number of fused-ring (bicyclic) bond motifs is 12. The third-order valence-corrected chi connectivity index (χ3v) is 27.0. The van der Waals surface area contributed by atoms with Gasteiger partial charge in [-0.1, -0.05) is 352 Å². The SMILES string of the molecule is c1ccc(-c2ccc(N(c3ccc(-c4ccccc4)cc3)c3ccc4sc5ccc(C6(c7cc(-c8ccccc8)cc(-c8ccccc8)c7)c7ccccc7-c7ccccc76)cc5c4c3)cc2)cc1.c1ccc(-c2cccc(N(c3ccccc3)c3ccc4c(c3)sc3ccc(C5(c6ccccc6)c6ccccc6-c6ccccc65)cc34)c2)cc1. The first-order valence-electron chi connectivity index (χ1n) is 41.2. The fraction of sp³-hybridized carbons (Fsp3) is 0.0172. The molecule has 4 heteroatoms. The third kappa shape index (κ3) is 12.4. The Morgan fingerprint density at radius 1 is 0.150 bits per heavy atom. The molecule has 0 radical (unpaired) electrons. The van der Waals surface area contributed by atoms with E-state index in [1.54, 1.807) is 0 Å². The van der Waals surface area contributed by atoms with Crippen molar-refractivity contribution in [3.8, 4) is 77.9 Å². The van der Waals surface area contributed by atoms with Crippen LogP contribution in [-0.2, 0) is 10.8 Å². The molecule has 0 aliphatic heterocycles. The Kier molecular flexibility index (Phi) is 18.2. The maximum atomic E-state index is 2.52. The third-order valence-electron chi connectivity index (χ3n) is 24.7. The van der Waals surface area contributed by atoms with Crippen LogP contribution in [0, 0.1) is 0 Å². The Morgan fingerprint density at radius 3 is 0.917 bits per heavy atom. The van der Waals surface area contributed by atoms with Crippen LogP contribution in [0.15, 0.2) is 473 Å². The van der Waals surface area contributed by atoms with Crippen molar-refractivity contribution in [3.63, 3.8) is 0 Å². The predicted molar refractivity (Wildman–Crippen MR) is 510 cm³/mol. The van der Waals surface area contributed by atoms with Crippen molar-refractivity contribution in [2.24, 2.45) is 0 Å². The van der Waals surface area contributed by atoms with Crippen LogP contribution in [0.3, 0.4) is 0 Å². The van der Waals surface area contributed by atoms with Crippen molar-refractivity contribution in [2.45, 2.75) is 10.8 Å². The average Bonchev–Trinajstić information content (AvgIpc) is 1.51. The first kappa shape index (κ1) is 71.7. The summed E-state index contributed by atoms with van der Waals surface area (Å²) < 4.78 is 5.12. The van der Waals surface area contributed by atoms with Gasteiger partial charge in [-0.2, -0.15) is 0 Å². The molecule has 2 aromatic heterocycles. The molecule has 2 nitrogen and oxygen atoms in total. The summed E-state index contributed by atoms with van der Waals surface area (Å²) in [6, 6.07) is 174. The Balaban J connectivity index is 0.000000151. The summed E-state index contributed by atoms with van der Waals surface area (Å²) in [6.07, 6.45) is 0. The number of anilines is 6. The molecule has 120 heavy (non-hydrogen) atoms. The highest BCUT2D eigenvalue weighted by atomic mass is 32.1. The quantitative estimate of drug-likeness (QED) is 0.101. The van der Waals surface area contributed by atoms with E-state index in [0.29, 0.717) is 0 Å². The van der Waals surface area contributed by atoms with E-state index in [0.717, 1.165) is 34.1 Å². The molecule has 0 amide bonds. The Morgan fingerprint density at radius 2 is 0.450 bits per heavy atom. The number of hydrogen-bond donors (Lipinski definition) is 0. The molecule has 2 aliphatic carbocycles. The molecule has 2 heterocycles. The van der Waals surface area contributed by atoms with Gasteiger partial charge < -0.3 is 9.80 Å². The molecular formula is C116H78N2S2. The molecule has 0 unspecified atom stereocenters. The monoisotopic (exact) mass is 1560 g/mol. The smallest absolute Gasteiger partial charge is 0.0714 e. The molecule has 0 saturated carbocycles. The van der Waals surface area contributed by atoms with Crippen molar-refractivity contribution in [2.75, 3.05) is 9.80 Å². The first-order valence-corrected chi connectivity index (χ1v) is 42.9. The van der Waals surface area contributed by atoms with Crippen LogP contribution < -0.4 is 9.80 Å². The maximum absolute atomic E-state index is 2.52. The van der Waals surface area contributed by atoms with Crippen molar-refractivity contribution in [1.82, 2.24) is 0 Å². The number of para-hydroxylation sites is 1. The van der Waals surface area contributed by atoms with Crippen LogP contribution in [0.4, 0.5) is 34.1 Å². The first-order chi connectivity index (χ1) is 59.5. The number of hydrogen-bond acceptors (Lipinski definition) is 4. The summed E-state index contributed by atoms with van der Waals surface area (Å²) in [7, 11) is 0. The lowest BCUT2D eigenvalue weighted by atomic mass is 9.66. The van der Waals surface area contributed by atoms with Gasteiger partial charge in [0.05, 0.1) is 10.8 Å². The summed E-state index contributed by atoms with van der Waals surface area (Å²) in [5, 5.41) is 5.10. The minimum absolute atomic E-state index is 0.412. The van der Waals surface area contributed by atoms with E-state index < -0.39 is 10.8 Å². The minimum atomic E-state index is -0.603. The van der Waals surface area contributed by atoms with E-state index in [4.69, 9.17) is 0 Å². The van der Waals surface area contributed by atoms with Gasteiger partial charge in [-0.25, -0.2) is 0 Å². The summed E-state index contributed by atoms with van der Waals surface area (Å²) >= 11 is 3.75. The van der Waals surface area contributed by atoms with Crippen molar-refractivity contribution in [1.29, 1.82) is 0 Å². The van der Waals surface area contributed by atoms with Crippen LogP contribution in [0.5, 0.6) is 0 Å². The van der Waals surface area contributed by atoms with Crippen LogP contribution in [0.2, 0.25) is 0 Å². The zero-order chi connectivity index (χ0) is 79.5. The van der Waals surface area contributed by atoms with Crippen molar-refractivity contribution >= 4 is 97.1 Å². The molecule has 564 valence electrons. The fourth-order valence-corrected chi connectivity index (χ4v) is 21.4. The van der Waals surface area contributed by atoms with E-state index in [9.17, 15) is 0 Å². The lowest BCUT2D eigenvalue weighted by Crippen LogP contribution is -2.28. The highest BCUT2D eigenvalue weighted by Crippen LogP contribution is 2.60. The Bertz CT molecular complexity index is 7140. The van der Waals surface area contributed by atoms with Gasteiger partial charge in [0.1, 0.15) is 0 Å². The standard InChI is InChI=1S/C67H45NS.C49H33NS/c1-5-17-46(18-6-1)50-29-34-56(35-30-50)68(57-36-31-51(32-37-57)47-19-7-2-8-20-47)58-38-40-66-62(45-58)61-44-54(33-39-65(61)69-66)67(63-27-15-13-25-59(63)60-26-14-16-28-64(60)67)55-42-52(48-21-9-3-10-22-48)41-53(43-55)49-23-11-4-12-24-49;1-4-15-34(16-5-1)35-17-14-22-39(31-35)50(38-20-8-3-9-21-38)40-28-29-43-44-32-37(27-30-47(44)51-48(43)33-40)49(36-18-6-2-7-19-36)45-25-12-10-23-41(45)42-24-11-13-26-46(42)49/h1-45H;1-33H. The molecule has 0 N–H and O–H groups in total. The molecule has 21 aromatic rings. The number of rotatable bonds is 15. The second-order valence-corrected chi connectivity index (χ2v) is 33.5. The number of benzene rings is 19. The van der Waals surface area contributed by atoms with Crippen LogP contribution >= 0.6 is 22.7 Å². The van der Waals surface area contributed by atoms with Gasteiger partial charge in [0.15, 0.2) is 0 Å². The Labute approximate surface area is 708 Å². The second-order valence-electron chi connectivity index (χ2n) is 31.3. The van der Waals surface area contributed by atoms with Gasteiger partial charge in [-0.15, -0.1) is 22.7 Å². The van der Waals surface area contributed by atoms with E-state index in [-0.39, 0.29) is 0 Å². The second kappa shape index (κ2) is 30.4. The van der Waals surface area contributed by atoms with Gasteiger partial charge in [-0.3, -0.25) is 0 Å². The van der Waals surface area contributed by atoms with Crippen LogP contribution in [0.25, 0.3) is 118 Å². The molecule has 19 aromatic carbocycles. The summed E-state index contributed by atoms with van der Waals surface area (Å²) in [5.74, 6) is 0. The van der Waals surface area contributed by atoms with Crippen LogP contribution in [-0.4, -0.2) is 0 Å². The number of nitrogens with zero attached hydrogens (tertiary/aromatic N) is 2. The van der Waals surface area contributed by atoms with E-state index in [1.807, 2.05) is 22.7 Å². The highest BCUT2D eigenvalue weighted by Gasteiger charge is 2.48. The van der Waals surface area contributed by atoms with Gasteiger partial charge in [0, 0.05) is 74.5 Å². The zero-order valence-corrected chi connectivity index (χ0v) is 67.4. The molecule has 2 aliphatic rings. The summed E-state index contributed by atoms with van der Waals surface area (Å²) in [4.78, 5) is 4.78. The number of thiophene rings is 2. The molecule has 0 bridgehead atoms. The molecule has 0 atom stereocenters. The molecule has 0 saturated heterocycles. The zero-order valence-electron chi connectivity index (χ0n) is 65.7. The van der Waals surface area contributed by atoms with Gasteiger partial charge in [-0.05, 0) is 244 Å². The largest absolute Gasteiger partial charge is 0.310 e. The predicted octanol–water partition coefficient (Wildman–Crippen LogP) is 32.1. The maximum Gasteiger partial charge on any atom is 0.0714 e. The normalized spacial score (nSPS) is 12.6. The molecule has 0 fully saturated rings. The van der Waals surface area contributed by atoms with Gasteiger partial charge in [0.2, 0.25) is 0 Å². The van der Waals surface area contributed by atoms with Gasteiger partial charge in [0.25, 0.3) is 0 Å². The summed E-state index contributed by atoms with van der Waals surface area (Å²) in [6.45, 7) is 0. The topological polar surface area (TPSA) is 6.48 Å². The van der Waals surface area contributed by atoms with E-state index >= 15 is 0 Å². The summed E-state index contributed by atoms with van der Waals surface area (Å²) in [5.41, 5.74) is 33.3.